The Hall–Kier alpha value is -2.23. The van der Waals surface area contributed by atoms with E-state index >= 15 is 0 Å². The molecule has 0 heterocycles. The summed E-state index contributed by atoms with van der Waals surface area (Å²) in [4.78, 5) is -1.81. The molecule has 0 aromatic heterocycles. The van der Waals surface area contributed by atoms with Crippen LogP contribution >= 0.6 is 0 Å². The minimum absolute atomic E-state index is 0.0543. The average Bonchev–Trinajstić information content (AvgIpc) is 2.50. The summed E-state index contributed by atoms with van der Waals surface area (Å²) in [5, 5.41) is 0. The highest BCUT2D eigenvalue weighted by Crippen LogP contribution is 2.25. The summed E-state index contributed by atoms with van der Waals surface area (Å²) in [5.74, 6) is 0. The molecular formula is C12H12N2O9S3. The van der Waals surface area contributed by atoms with Crippen molar-refractivity contribution in [3.8, 4) is 0 Å². The van der Waals surface area contributed by atoms with Crippen molar-refractivity contribution >= 4 is 41.7 Å². The van der Waals surface area contributed by atoms with Crippen molar-refractivity contribution in [2.45, 2.75) is 14.7 Å². The SMILES string of the molecule is O=S(=O)(O)c1cccc(NNc2cc(S(=O)(=O)O)ccc2S(=O)(=O)O)c1. The van der Waals surface area contributed by atoms with Crippen LogP contribution in [0.25, 0.3) is 0 Å². The number of hydrogen-bond donors (Lipinski definition) is 5. The van der Waals surface area contributed by atoms with Crippen LogP contribution < -0.4 is 10.9 Å². The highest BCUT2D eigenvalue weighted by molar-refractivity contribution is 7.86. The topological polar surface area (TPSA) is 187 Å². The van der Waals surface area contributed by atoms with Gasteiger partial charge in [0.15, 0.2) is 0 Å². The van der Waals surface area contributed by atoms with Gasteiger partial charge in [0.1, 0.15) is 4.90 Å². The van der Waals surface area contributed by atoms with Gasteiger partial charge in [0, 0.05) is 0 Å². The summed E-state index contributed by atoms with van der Waals surface area (Å²) in [6.45, 7) is 0. The van der Waals surface area contributed by atoms with Crippen LogP contribution in [0.15, 0.2) is 57.2 Å². The molecule has 0 aliphatic rings. The van der Waals surface area contributed by atoms with E-state index in [2.05, 4.69) is 10.9 Å². The van der Waals surface area contributed by atoms with Crippen LogP contribution in [0, 0.1) is 0 Å². The standard InChI is InChI=1S/C12H12N2O9S3/c15-24(16,17)9-3-1-2-8(6-9)13-14-11-7-10(25(18,19)20)4-5-12(11)26(21,22)23/h1-7,13-14H,(H,15,16,17)(H,18,19,20)(H,21,22,23). The van der Waals surface area contributed by atoms with E-state index in [1.54, 1.807) is 0 Å². The smallest absolute Gasteiger partial charge is 0.296 e. The normalized spacial score (nSPS) is 12.6. The zero-order valence-electron chi connectivity index (χ0n) is 12.6. The maximum Gasteiger partial charge on any atom is 0.296 e. The second-order valence-corrected chi connectivity index (χ2v) is 9.09. The van der Waals surface area contributed by atoms with Crippen molar-refractivity contribution < 1.29 is 38.9 Å². The van der Waals surface area contributed by atoms with Crippen molar-refractivity contribution in [1.29, 1.82) is 0 Å². The van der Waals surface area contributed by atoms with Crippen LogP contribution in [0.5, 0.6) is 0 Å². The second-order valence-electron chi connectivity index (χ2n) is 4.86. The predicted octanol–water partition coefficient (Wildman–Crippen LogP) is 0.866. The van der Waals surface area contributed by atoms with Gasteiger partial charge in [-0.25, -0.2) is 0 Å². The summed E-state index contributed by atoms with van der Waals surface area (Å²) >= 11 is 0. The fourth-order valence-corrected chi connectivity index (χ4v) is 3.53. The molecule has 0 atom stereocenters. The van der Waals surface area contributed by atoms with Gasteiger partial charge in [-0.1, -0.05) is 6.07 Å². The van der Waals surface area contributed by atoms with Crippen LogP contribution in [0.3, 0.4) is 0 Å². The van der Waals surface area contributed by atoms with Gasteiger partial charge in [-0.05, 0) is 36.4 Å². The number of benzene rings is 2. The van der Waals surface area contributed by atoms with Crippen LogP contribution in [-0.4, -0.2) is 38.9 Å². The van der Waals surface area contributed by atoms with Gasteiger partial charge in [0.2, 0.25) is 0 Å². The molecule has 0 aliphatic carbocycles. The van der Waals surface area contributed by atoms with E-state index in [1.165, 1.54) is 12.1 Å². The van der Waals surface area contributed by atoms with Crippen molar-refractivity contribution in [2.24, 2.45) is 0 Å². The Bertz CT molecular complexity index is 1160. The first-order valence-corrected chi connectivity index (χ1v) is 10.8. The van der Waals surface area contributed by atoms with Gasteiger partial charge >= 0.3 is 0 Å². The maximum atomic E-state index is 11.4. The number of hydrogen-bond acceptors (Lipinski definition) is 8. The molecule has 11 nitrogen and oxygen atoms in total. The Morgan fingerprint density at radius 2 is 1.23 bits per heavy atom. The zero-order valence-corrected chi connectivity index (χ0v) is 15.0. The van der Waals surface area contributed by atoms with Gasteiger partial charge < -0.3 is 5.43 Å². The monoisotopic (exact) mass is 424 g/mol. The van der Waals surface area contributed by atoms with Crippen LogP contribution in [0.2, 0.25) is 0 Å². The van der Waals surface area contributed by atoms with Crippen molar-refractivity contribution in [1.82, 2.24) is 0 Å². The van der Waals surface area contributed by atoms with Gasteiger partial charge in [-0.15, -0.1) is 0 Å². The van der Waals surface area contributed by atoms with E-state index in [4.69, 9.17) is 9.11 Å². The van der Waals surface area contributed by atoms with E-state index in [-0.39, 0.29) is 5.69 Å². The second kappa shape index (κ2) is 6.82. The van der Waals surface area contributed by atoms with E-state index in [0.717, 1.165) is 30.3 Å². The van der Waals surface area contributed by atoms with E-state index in [1.807, 2.05) is 0 Å². The lowest BCUT2D eigenvalue weighted by Gasteiger charge is -2.14. The Morgan fingerprint density at radius 3 is 1.77 bits per heavy atom. The lowest BCUT2D eigenvalue weighted by atomic mass is 10.3. The van der Waals surface area contributed by atoms with Crippen LogP contribution in [0.1, 0.15) is 0 Å². The number of rotatable bonds is 6. The molecule has 142 valence electrons. The Morgan fingerprint density at radius 1 is 0.654 bits per heavy atom. The predicted molar refractivity (Wildman–Crippen MR) is 89.6 cm³/mol. The summed E-state index contributed by atoms with van der Waals surface area (Å²) in [6, 6.07) is 6.97. The molecule has 0 spiro atoms. The quantitative estimate of drug-likeness (QED) is 0.327. The molecule has 2 aromatic carbocycles. The number of hydrazine groups is 1. The minimum atomic E-state index is -4.75. The molecule has 0 radical (unpaired) electrons. The molecule has 2 rings (SSSR count). The maximum absolute atomic E-state index is 11.4. The molecule has 0 amide bonds. The average molecular weight is 424 g/mol. The largest absolute Gasteiger partial charge is 0.301 e. The first kappa shape index (κ1) is 20.1. The van der Waals surface area contributed by atoms with Crippen LogP contribution in [-0.2, 0) is 30.4 Å². The fourth-order valence-electron chi connectivity index (χ4n) is 1.87. The number of anilines is 2. The van der Waals surface area contributed by atoms with Gasteiger partial charge in [0.05, 0.1) is 21.2 Å². The Labute approximate surface area is 148 Å². The van der Waals surface area contributed by atoms with Gasteiger partial charge in [0.25, 0.3) is 30.4 Å². The van der Waals surface area contributed by atoms with E-state index in [0.29, 0.717) is 0 Å². The summed E-state index contributed by atoms with van der Waals surface area (Å²) in [5.41, 5.74) is 4.28. The Balaban J connectivity index is 2.43. The summed E-state index contributed by atoms with van der Waals surface area (Å²) in [6.07, 6.45) is 0. The molecule has 0 bridgehead atoms. The zero-order chi connectivity index (χ0) is 19.8. The molecule has 0 aliphatic heterocycles. The fraction of sp³-hybridized carbons (Fsp3) is 0. The van der Waals surface area contributed by atoms with Crippen molar-refractivity contribution in [3.05, 3.63) is 42.5 Å². The van der Waals surface area contributed by atoms with Gasteiger partial charge in [-0.3, -0.25) is 19.1 Å². The first-order chi connectivity index (χ1) is 11.8. The molecule has 2 aromatic rings. The first-order valence-electron chi connectivity index (χ1n) is 6.47. The molecule has 0 saturated carbocycles. The highest BCUT2D eigenvalue weighted by atomic mass is 32.2. The summed E-state index contributed by atoms with van der Waals surface area (Å²) < 4.78 is 94.5. The summed E-state index contributed by atoms with van der Waals surface area (Å²) in [7, 11) is -13.9. The van der Waals surface area contributed by atoms with Crippen molar-refractivity contribution in [2.75, 3.05) is 10.9 Å². The Kier molecular flexibility index (Phi) is 5.27. The van der Waals surface area contributed by atoms with E-state index < -0.39 is 50.7 Å². The highest BCUT2D eigenvalue weighted by Gasteiger charge is 2.20. The third-order valence-electron chi connectivity index (χ3n) is 3.00. The molecule has 0 unspecified atom stereocenters. The van der Waals surface area contributed by atoms with Crippen molar-refractivity contribution in [3.63, 3.8) is 0 Å². The lowest BCUT2D eigenvalue weighted by Crippen LogP contribution is -2.14. The number of nitrogens with one attached hydrogen (secondary N) is 2. The molecule has 26 heavy (non-hydrogen) atoms. The lowest BCUT2D eigenvalue weighted by molar-refractivity contribution is 0.479. The molecule has 14 heteroatoms. The third-order valence-corrected chi connectivity index (χ3v) is 5.61. The molecule has 5 N–H and O–H groups in total. The molecule has 0 fully saturated rings. The third kappa shape index (κ3) is 4.90. The minimum Gasteiger partial charge on any atom is -0.301 e. The van der Waals surface area contributed by atoms with E-state index in [9.17, 15) is 29.8 Å². The van der Waals surface area contributed by atoms with Crippen LogP contribution in [0.4, 0.5) is 11.4 Å². The molecular weight excluding hydrogens is 412 g/mol. The molecule has 0 saturated heterocycles. The van der Waals surface area contributed by atoms with Gasteiger partial charge in [-0.2, -0.15) is 25.3 Å².